The van der Waals surface area contributed by atoms with Gasteiger partial charge in [-0.3, -0.25) is 9.10 Å². The van der Waals surface area contributed by atoms with Crippen LogP contribution in [0.3, 0.4) is 0 Å². The average molecular weight is 448 g/mol. The number of halogens is 3. The highest BCUT2D eigenvalue weighted by molar-refractivity contribution is 7.92. The molecule has 3 aromatic rings. The van der Waals surface area contributed by atoms with Crippen LogP contribution in [0.2, 0.25) is 0 Å². The molecule has 0 radical (unpaired) electrons. The highest BCUT2D eigenvalue weighted by Crippen LogP contribution is 2.34. The Labute approximate surface area is 178 Å². The molecule has 1 N–H and O–H groups in total. The van der Waals surface area contributed by atoms with E-state index in [4.69, 9.17) is 0 Å². The van der Waals surface area contributed by atoms with Crippen molar-refractivity contribution in [3.63, 3.8) is 0 Å². The molecule has 0 aliphatic heterocycles. The number of rotatable bonds is 6. The van der Waals surface area contributed by atoms with Crippen molar-refractivity contribution in [1.82, 2.24) is 0 Å². The van der Waals surface area contributed by atoms with E-state index in [9.17, 15) is 26.4 Å². The summed E-state index contributed by atoms with van der Waals surface area (Å²) >= 11 is 0. The van der Waals surface area contributed by atoms with Crippen molar-refractivity contribution < 1.29 is 26.4 Å². The van der Waals surface area contributed by atoms with Crippen molar-refractivity contribution in [3.8, 4) is 0 Å². The Morgan fingerprint density at radius 3 is 2.23 bits per heavy atom. The van der Waals surface area contributed by atoms with Crippen LogP contribution in [0.25, 0.3) is 0 Å². The molecule has 0 atom stereocenters. The third-order valence-corrected chi connectivity index (χ3v) is 6.20. The molecule has 0 aliphatic carbocycles. The van der Waals surface area contributed by atoms with Crippen molar-refractivity contribution in [2.45, 2.75) is 18.0 Å². The number of hydrogen-bond acceptors (Lipinski definition) is 3. The molecule has 0 bridgehead atoms. The SMILES string of the molecule is Cc1cccc(N(CC(=O)Nc2ccccc2C(F)(F)F)S(=O)(=O)c2ccccc2)c1. The van der Waals surface area contributed by atoms with Gasteiger partial charge >= 0.3 is 6.18 Å². The zero-order chi connectivity index (χ0) is 22.6. The lowest BCUT2D eigenvalue weighted by atomic mass is 10.1. The van der Waals surface area contributed by atoms with Gasteiger partial charge in [0.1, 0.15) is 6.54 Å². The summed E-state index contributed by atoms with van der Waals surface area (Å²) in [7, 11) is -4.15. The Morgan fingerprint density at radius 1 is 0.935 bits per heavy atom. The first kappa shape index (κ1) is 22.4. The molecule has 0 aromatic heterocycles. The van der Waals surface area contributed by atoms with E-state index in [1.807, 2.05) is 0 Å². The Balaban J connectivity index is 1.96. The predicted molar refractivity (Wildman–Crippen MR) is 112 cm³/mol. The molecule has 9 heteroatoms. The quantitative estimate of drug-likeness (QED) is 0.586. The van der Waals surface area contributed by atoms with E-state index in [0.29, 0.717) is 0 Å². The molecule has 0 unspecified atom stereocenters. The fourth-order valence-electron chi connectivity index (χ4n) is 2.98. The van der Waals surface area contributed by atoms with E-state index >= 15 is 0 Å². The topological polar surface area (TPSA) is 66.5 Å². The van der Waals surface area contributed by atoms with Gasteiger partial charge in [-0.15, -0.1) is 0 Å². The molecular weight excluding hydrogens is 429 g/mol. The number of carbonyl (C=O) groups excluding carboxylic acids is 1. The van der Waals surface area contributed by atoms with Gasteiger partial charge in [0.15, 0.2) is 0 Å². The molecule has 1 amide bonds. The highest BCUT2D eigenvalue weighted by Gasteiger charge is 2.34. The van der Waals surface area contributed by atoms with Crippen LogP contribution in [0.4, 0.5) is 24.5 Å². The van der Waals surface area contributed by atoms with Crippen LogP contribution in [0.5, 0.6) is 0 Å². The first-order valence-electron chi connectivity index (χ1n) is 9.19. The maximum Gasteiger partial charge on any atom is 0.418 e. The smallest absolute Gasteiger partial charge is 0.324 e. The summed E-state index contributed by atoms with van der Waals surface area (Å²) in [5, 5.41) is 2.19. The second kappa shape index (κ2) is 8.81. The number of benzene rings is 3. The number of anilines is 2. The highest BCUT2D eigenvalue weighted by atomic mass is 32.2. The number of amides is 1. The number of alkyl halides is 3. The van der Waals surface area contributed by atoms with Gasteiger partial charge in [-0.25, -0.2) is 8.42 Å². The lowest BCUT2D eigenvalue weighted by Gasteiger charge is -2.24. The lowest BCUT2D eigenvalue weighted by Crippen LogP contribution is -2.38. The molecule has 5 nitrogen and oxygen atoms in total. The van der Waals surface area contributed by atoms with Gasteiger partial charge in [0.25, 0.3) is 10.0 Å². The van der Waals surface area contributed by atoms with Crippen LogP contribution in [-0.4, -0.2) is 20.9 Å². The number of nitrogens with zero attached hydrogens (tertiary/aromatic N) is 1. The molecule has 0 spiro atoms. The largest absolute Gasteiger partial charge is 0.418 e. The predicted octanol–water partition coefficient (Wildman–Crippen LogP) is 4.85. The van der Waals surface area contributed by atoms with Gasteiger partial charge < -0.3 is 5.32 Å². The summed E-state index contributed by atoms with van der Waals surface area (Å²) in [6.45, 7) is 1.06. The average Bonchev–Trinajstić information content (AvgIpc) is 2.72. The van der Waals surface area contributed by atoms with Crippen LogP contribution in [0, 0.1) is 6.92 Å². The maximum absolute atomic E-state index is 13.2. The summed E-state index contributed by atoms with van der Waals surface area (Å²) in [6.07, 6.45) is -4.67. The lowest BCUT2D eigenvalue weighted by molar-refractivity contribution is -0.137. The number of aryl methyl sites for hydroxylation is 1. The zero-order valence-electron chi connectivity index (χ0n) is 16.4. The number of hydrogen-bond donors (Lipinski definition) is 1. The Hall–Kier alpha value is -3.33. The maximum atomic E-state index is 13.2. The number of carbonyl (C=O) groups is 1. The molecular formula is C22H19F3N2O3S. The first-order chi connectivity index (χ1) is 14.6. The van der Waals surface area contributed by atoms with Crippen LogP contribution in [0.15, 0.2) is 83.8 Å². The third kappa shape index (κ3) is 5.24. The summed E-state index contributed by atoms with van der Waals surface area (Å²) < 4.78 is 67.0. The Bertz CT molecular complexity index is 1180. The van der Waals surface area contributed by atoms with Gasteiger partial charge in [-0.2, -0.15) is 13.2 Å². The zero-order valence-corrected chi connectivity index (χ0v) is 17.2. The van der Waals surface area contributed by atoms with Crippen LogP contribution in [-0.2, 0) is 21.0 Å². The van der Waals surface area contributed by atoms with Gasteiger partial charge in [-0.05, 0) is 48.9 Å². The first-order valence-corrected chi connectivity index (χ1v) is 10.6. The minimum absolute atomic E-state index is 0.0417. The summed E-state index contributed by atoms with van der Waals surface area (Å²) in [5.41, 5.74) is -0.477. The molecule has 31 heavy (non-hydrogen) atoms. The molecule has 162 valence electrons. The van der Waals surface area contributed by atoms with Crippen molar-refractivity contribution in [2.24, 2.45) is 0 Å². The minimum Gasteiger partial charge on any atom is -0.324 e. The number of sulfonamides is 1. The molecule has 0 saturated heterocycles. The normalized spacial score (nSPS) is 11.7. The summed E-state index contributed by atoms with van der Waals surface area (Å²) in [6, 6.07) is 18.5. The Kier molecular flexibility index (Phi) is 6.35. The van der Waals surface area contributed by atoms with Gasteiger partial charge in [0.05, 0.1) is 21.8 Å². The Morgan fingerprint density at radius 2 is 1.58 bits per heavy atom. The van der Waals surface area contributed by atoms with E-state index in [-0.39, 0.29) is 10.6 Å². The van der Waals surface area contributed by atoms with E-state index in [1.54, 1.807) is 43.3 Å². The van der Waals surface area contributed by atoms with Crippen molar-refractivity contribution in [2.75, 3.05) is 16.2 Å². The monoisotopic (exact) mass is 448 g/mol. The van der Waals surface area contributed by atoms with Crippen molar-refractivity contribution in [1.29, 1.82) is 0 Å². The molecule has 0 saturated carbocycles. The fraction of sp³-hybridized carbons (Fsp3) is 0.136. The molecule has 0 heterocycles. The molecule has 0 aliphatic rings. The van der Waals surface area contributed by atoms with E-state index in [2.05, 4.69) is 5.32 Å². The molecule has 3 rings (SSSR count). The van der Waals surface area contributed by atoms with Gasteiger partial charge in [0.2, 0.25) is 5.91 Å². The van der Waals surface area contributed by atoms with E-state index in [1.165, 1.54) is 30.3 Å². The molecule has 3 aromatic carbocycles. The van der Waals surface area contributed by atoms with Crippen LogP contribution >= 0.6 is 0 Å². The third-order valence-electron chi connectivity index (χ3n) is 4.41. The van der Waals surface area contributed by atoms with Gasteiger partial charge in [-0.1, -0.05) is 42.5 Å². The van der Waals surface area contributed by atoms with Crippen LogP contribution < -0.4 is 9.62 Å². The molecule has 0 fully saturated rings. The number of nitrogens with one attached hydrogen (secondary N) is 1. The van der Waals surface area contributed by atoms with Crippen LogP contribution in [0.1, 0.15) is 11.1 Å². The second-order valence-electron chi connectivity index (χ2n) is 6.76. The van der Waals surface area contributed by atoms with Gasteiger partial charge in [0, 0.05) is 0 Å². The standard InChI is InChI=1S/C22H19F3N2O3S/c1-16-8-7-9-17(14-16)27(31(29,30)18-10-3-2-4-11-18)15-21(28)26-20-13-6-5-12-19(20)22(23,24)25/h2-14H,15H2,1H3,(H,26,28). The number of para-hydroxylation sites is 1. The van der Waals surface area contributed by atoms with Crippen molar-refractivity contribution in [3.05, 3.63) is 90.0 Å². The summed E-state index contributed by atoms with van der Waals surface area (Å²) in [4.78, 5) is 12.6. The van der Waals surface area contributed by atoms with E-state index in [0.717, 1.165) is 22.0 Å². The fourth-order valence-corrected chi connectivity index (χ4v) is 4.41. The second-order valence-corrected chi connectivity index (χ2v) is 8.62. The summed E-state index contributed by atoms with van der Waals surface area (Å²) in [5.74, 6) is -0.905. The van der Waals surface area contributed by atoms with E-state index < -0.39 is 39.9 Å². The minimum atomic E-state index is -4.67. The van der Waals surface area contributed by atoms with Crippen molar-refractivity contribution >= 4 is 27.3 Å².